The smallest absolute Gasteiger partial charge is 0.258 e. The maximum Gasteiger partial charge on any atom is 0.258 e. The summed E-state index contributed by atoms with van der Waals surface area (Å²) in [6.45, 7) is 3.66. The molecule has 0 saturated carbocycles. The first kappa shape index (κ1) is 11.1. The summed E-state index contributed by atoms with van der Waals surface area (Å²) in [5.41, 5.74) is -0.0206. The molecule has 2 aromatic rings. The van der Waals surface area contributed by atoms with Crippen LogP contribution in [0, 0.1) is 0 Å². The molecule has 84 valence electrons. The van der Waals surface area contributed by atoms with Gasteiger partial charge in [0, 0.05) is 17.8 Å². The predicted molar refractivity (Wildman–Crippen MR) is 67.9 cm³/mol. The molecular weight excluding hydrogens is 218 g/mol. The van der Waals surface area contributed by atoms with E-state index in [1.165, 1.54) is 0 Å². The van der Waals surface area contributed by atoms with Gasteiger partial charge >= 0.3 is 0 Å². The van der Waals surface area contributed by atoms with E-state index in [0.29, 0.717) is 11.6 Å². The maximum absolute atomic E-state index is 12.1. The minimum absolute atomic E-state index is 0.0206. The van der Waals surface area contributed by atoms with E-state index < -0.39 is 8.32 Å². The highest BCUT2D eigenvalue weighted by Crippen LogP contribution is 2.09. The second kappa shape index (κ2) is 3.88. The van der Waals surface area contributed by atoms with E-state index in [4.69, 9.17) is 0 Å². The van der Waals surface area contributed by atoms with Crippen molar-refractivity contribution < 1.29 is 4.80 Å². The van der Waals surface area contributed by atoms with Gasteiger partial charge in [-0.25, -0.2) is 0 Å². The molecule has 0 atom stereocenters. The van der Waals surface area contributed by atoms with Gasteiger partial charge in [-0.05, 0) is 30.6 Å². The predicted octanol–water partition coefficient (Wildman–Crippen LogP) is 1.74. The van der Waals surface area contributed by atoms with Crippen molar-refractivity contribution in [1.29, 1.82) is 0 Å². The molecule has 2 rings (SSSR count). The maximum atomic E-state index is 12.1. The Labute approximate surface area is 95.1 Å². The highest BCUT2D eigenvalue weighted by molar-refractivity contribution is 6.68. The van der Waals surface area contributed by atoms with Gasteiger partial charge in [0.2, 0.25) is 8.32 Å². The summed E-state index contributed by atoms with van der Waals surface area (Å²) >= 11 is 0. The van der Waals surface area contributed by atoms with Gasteiger partial charge in [0.15, 0.2) is 0 Å². The fourth-order valence-corrected chi connectivity index (χ4v) is 2.85. The minimum Gasteiger partial charge on any atom is -0.430 e. The molecule has 0 spiro atoms. The van der Waals surface area contributed by atoms with Crippen LogP contribution < -0.4 is 5.56 Å². The van der Waals surface area contributed by atoms with Gasteiger partial charge < -0.3 is 9.36 Å². The van der Waals surface area contributed by atoms with Gasteiger partial charge in [-0.2, -0.15) is 0 Å². The Kier molecular flexibility index (Phi) is 2.69. The molecule has 0 aliphatic carbocycles. The van der Waals surface area contributed by atoms with Crippen molar-refractivity contribution in [2.24, 2.45) is 0 Å². The first-order valence-electron chi connectivity index (χ1n) is 5.28. The van der Waals surface area contributed by atoms with Crippen LogP contribution >= 0.6 is 0 Å². The van der Waals surface area contributed by atoms with Gasteiger partial charge in [0.1, 0.15) is 0 Å². The molecule has 1 N–H and O–H groups in total. The minimum atomic E-state index is -2.25. The Morgan fingerprint density at radius 1 is 1.25 bits per heavy atom. The SMILES string of the molecule is C[Si](C)(O)Cn1ccc2ccccc2c1=O. The van der Waals surface area contributed by atoms with E-state index in [1.54, 1.807) is 10.8 Å². The Morgan fingerprint density at radius 2 is 1.94 bits per heavy atom. The van der Waals surface area contributed by atoms with Crippen molar-refractivity contribution in [2.45, 2.75) is 19.3 Å². The van der Waals surface area contributed by atoms with E-state index in [2.05, 4.69) is 0 Å². The summed E-state index contributed by atoms with van der Waals surface area (Å²) in [5.74, 6) is 0. The third kappa shape index (κ3) is 2.23. The average Bonchev–Trinajstić information content (AvgIpc) is 2.21. The van der Waals surface area contributed by atoms with Crippen molar-refractivity contribution >= 4 is 19.1 Å². The van der Waals surface area contributed by atoms with Crippen molar-refractivity contribution in [3.05, 3.63) is 46.9 Å². The average molecular weight is 233 g/mol. The van der Waals surface area contributed by atoms with E-state index in [0.717, 1.165) is 5.39 Å². The molecule has 0 bridgehead atoms. The Morgan fingerprint density at radius 3 is 2.62 bits per heavy atom. The summed E-state index contributed by atoms with van der Waals surface area (Å²) in [7, 11) is -2.25. The van der Waals surface area contributed by atoms with Crippen LogP contribution in [0.25, 0.3) is 10.8 Å². The molecule has 4 heteroatoms. The van der Waals surface area contributed by atoms with E-state index in [9.17, 15) is 9.59 Å². The molecule has 0 aliphatic rings. The summed E-state index contributed by atoms with van der Waals surface area (Å²) in [5, 5.41) is 1.66. The van der Waals surface area contributed by atoms with Gasteiger partial charge in [-0.15, -0.1) is 0 Å². The van der Waals surface area contributed by atoms with Gasteiger partial charge in [-0.1, -0.05) is 18.2 Å². The first-order chi connectivity index (χ1) is 7.47. The second-order valence-corrected chi connectivity index (χ2v) is 8.59. The normalized spacial score (nSPS) is 11.9. The number of benzene rings is 1. The number of fused-ring (bicyclic) bond motifs is 1. The van der Waals surface area contributed by atoms with Crippen molar-refractivity contribution in [3.63, 3.8) is 0 Å². The zero-order valence-corrected chi connectivity index (χ0v) is 10.5. The van der Waals surface area contributed by atoms with E-state index >= 15 is 0 Å². The fraction of sp³-hybridized carbons (Fsp3) is 0.250. The van der Waals surface area contributed by atoms with Crippen molar-refractivity contribution in [1.82, 2.24) is 4.57 Å². The van der Waals surface area contributed by atoms with Crippen LogP contribution in [-0.4, -0.2) is 17.7 Å². The van der Waals surface area contributed by atoms with Crippen molar-refractivity contribution in [3.8, 4) is 0 Å². The summed E-state index contributed by atoms with van der Waals surface area (Å²) in [6.07, 6.45) is 2.20. The molecule has 0 radical (unpaired) electrons. The molecule has 0 fully saturated rings. The van der Waals surface area contributed by atoms with Gasteiger partial charge in [-0.3, -0.25) is 4.79 Å². The monoisotopic (exact) mass is 233 g/mol. The second-order valence-electron chi connectivity index (χ2n) is 4.65. The molecule has 1 aromatic heterocycles. The zero-order chi connectivity index (χ0) is 11.8. The summed E-state index contributed by atoms with van der Waals surface area (Å²) < 4.78 is 1.61. The highest BCUT2D eigenvalue weighted by atomic mass is 28.4. The lowest BCUT2D eigenvalue weighted by Crippen LogP contribution is -2.36. The Balaban J connectivity index is 2.57. The number of hydrogen-bond acceptors (Lipinski definition) is 2. The largest absolute Gasteiger partial charge is 0.430 e. The number of hydrogen-bond donors (Lipinski definition) is 1. The number of aromatic nitrogens is 1. The molecule has 16 heavy (non-hydrogen) atoms. The Hall–Kier alpha value is -1.39. The Bertz CT molecular complexity index is 569. The molecule has 1 aromatic carbocycles. The van der Waals surface area contributed by atoms with Crippen LogP contribution in [0.3, 0.4) is 0 Å². The van der Waals surface area contributed by atoms with Crippen LogP contribution in [-0.2, 0) is 6.17 Å². The summed E-state index contributed by atoms with van der Waals surface area (Å²) in [6, 6.07) is 9.42. The number of nitrogens with zero attached hydrogens (tertiary/aromatic N) is 1. The molecule has 0 saturated heterocycles. The van der Waals surface area contributed by atoms with Gasteiger partial charge in [0.05, 0.1) is 0 Å². The molecule has 0 amide bonds. The lowest BCUT2D eigenvalue weighted by atomic mass is 10.2. The number of pyridine rings is 1. The third-order valence-electron chi connectivity index (χ3n) is 2.44. The quantitative estimate of drug-likeness (QED) is 0.803. The van der Waals surface area contributed by atoms with Crippen LogP contribution in [0.4, 0.5) is 0 Å². The van der Waals surface area contributed by atoms with E-state index in [-0.39, 0.29) is 5.56 Å². The topological polar surface area (TPSA) is 42.2 Å². The lowest BCUT2D eigenvalue weighted by Gasteiger charge is -2.16. The van der Waals surface area contributed by atoms with Crippen LogP contribution in [0.5, 0.6) is 0 Å². The number of rotatable bonds is 2. The fourth-order valence-electron chi connectivity index (χ4n) is 1.77. The van der Waals surface area contributed by atoms with Crippen LogP contribution in [0.15, 0.2) is 41.3 Å². The molecule has 3 nitrogen and oxygen atoms in total. The first-order valence-corrected chi connectivity index (χ1v) is 8.43. The van der Waals surface area contributed by atoms with Gasteiger partial charge in [0.25, 0.3) is 5.56 Å². The zero-order valence-electron chi connectivity index (χ0n) is 9.47. The van der Waals surface area contributed by atoms with Crippen LogP contribution in [0.1, 0.15) is 0 Å². The third-order valence-corrected chi connectivity index (χ3v) is 3.56. The molecular formula is C12H15NO2Si. The van der Waals surface area contributed by atoms with E-state index in [1.807, 2.05) is 43.4 Å². The standard InChI is InChI=1S/C12H15NO2Si/c1-16(2,15)9-13-8-7-10-5-3-4-6-11(10)12(13)14/h3-8,15H,9H2,1-2H3. The highest BCUT2D eigenvalue weighted by Gasteiger charge is 2.18. The van der Waals surface area contributed by atoms with Crippen molar-refractivity contribution in [2.75, 3.05) is 0 Å². The molecule has 0 aliphatic heterocycles. The summed E-state index contributed by atoms with van der Waals surface area (Å²) in [4.78, 5) is 21.9. The lowest BCUT2D eigenvalue weighted by molar-refractivity contribution is 0.527. The molecule has 1 heterocycles. The van der Waals surface area contributed by atoms with Crippen LogP contribution in [0.2, 0.25) is 13.1 Å². The molecule has 0 unspecified atom stereocenters.